The number of aryl methyl sites for hydroxylation is 1. The van der Waals surface area contributed by atoms with Gasteiger partial charge in [0, 0.05) is 5.02 Å². The first-order valence-electron chi connectivity index (χ1n) is 7.96. The first kappa shape index (κ1) is 18.5. The van der Waals surface area contributed by atoms with Crippen LogP contribution in [0.5, 0.6) is 0 Å². The molecule has 0 unspecified atom stereocenters. The molecule has 27 heavy (non-hydrogen) atoms. The molecule has 0 fully saturated rings. The number of benzene rings is 1. The molecule has 1 aromatic carbocycles. The predicted octanol–water partition coefficient (Wildman–Crippen LogP) is 2.34. The van der Waals surface area contributed by atoms with Crippen molar-refractivity contribution in [3.8, 4) is 0 Å². The van der Waals surface area contributed by atoms with E-state index >= 15 is 0 Å². The van der Waals surface area contributed by atoms with E-state index in [1.165, 1.54) is 17.9 Å². The Balaban J connectivity index is 1.66. The van der Waals surface area contributed by atoms with Crippen LogP contribution in [0, 0.1) is 24.0 Å². The topological polar surface area (TPSA) is 121 Å². The maximum atomic E-state index is 12.2. The molecule has 0 spiro atoms. The number of carbonyl (C=O) groups is 1. The van der Waals surface area contributed by atoms with Crippen molar-refractivity contribution in [2.45, 2.75) is 26.9 Å². The summed E-state index contributed by atoms with van der Waals surface area (Å²) in [6, 6.07) is 7.36. The third-order valence-electron chi connectivity index (χ3n) is 3.90. The van der Waals surface area contributed by atoms with Crippen LogP contribution in [0.3, 0.4) is 0 Å². The zero-order valence-electron chi connectivity index (χ0n) is 14.6. The summed E-state index contributed by atoms with van der Waals surface area (Å²) in [6.07, 6.45) is 1.48. The molecule has 0 aliphatic heterocycles. The summed E-state index contributed by atoms with van der Waals surface area (Å²) in [6.45, 7) is 3.30. The number of aromatic nitrogens is 5. The minimum atomic E-state index is -0.510. The zero-order chi connectivity index (χ0) is 19.6. The normalized spacial score (nSPS) is 10.8. The standard InChI is InChI=1S/C16H16ClN7O3/c1-10-15(24(26)27)11(2)23(20-10)8-14(25)19-16-18-9-22(21-16)7-12-5-3-4-6-13(12)17/h3-6,9H,7-8H2,1-2H3,(H,19,21,25). The van der Waals surface area contributed by atoms with Crippen LogP contribution in [-0.4, -0.2) is 35.4 Å². The number of hydrogen-bond acceptors (Lipinski definition) is 6. The second-order valence-corrected chi connectivity index (χ2v) is 6.25. The summed E-state index contributed by atoms with van der Waals surface area (Å²) in [7, 11) is 0. The first-order chi connectivity index (χ1) is 12.8. The molecule has 140 valence electrons. The summed E-state index contributed by atoms with van der Waals surface area (Å²) in [5.74, 6) is -0.311. The molecule has 2 aromatic heterocycles. The lowest BCUT2D eigenvalue weighted by Gasteiger charge is -2.04. The van der Waals surface area contributed by atoms with Crippen molar-refractivity contribution >= 4 is 29.1 Å². The van der Waals surface area contributed by atoms with E-state index in [-0.39, 0.29) is 23.9 Å². The Morgan fingerprint density at radius 3 is 2.70 bits per heavy atom. The quantitative estimate of drug-likeness (QED) is 0.510. The van der Waals surface area contributed by atoms with Crippen LogP contribution in [0.1, 0.15) is 17.0 Å². The van der Waals surface area contributed by atoms with Gasteiger partial charge in [-0.1, -0.05) is 29.8 Å². The van der Waals surface area contributed by atoms with Crippen LogP contribution in [0.15, 0.2) is 30.6 Å². The second-order valence-electron chi connectivity index (χ2n) is 5.84. The van der Waals surface area contributed by atoms with Crippen molar-refractivity contribution < 1.29 is 9.72 Å². The highest BCUT2D eigenvalue weighted by molar-refractivity contribution is 6.31. The monoisotopic (exact) mass is 389 g/mol. The van der Waals surface area contributed by atoms with Crippen molar-refractivity contribution in [1.29, 1.82) is 0 Å². The van der Waals surface area contributed by atoms with Gasteiger partial charge in [-0.3, -0.25) is 24.9 Å². The van der Waals surface area contributed by atoms with E-state index in [1.54, 1.807) is 17.7 Å². The maximum absolute atomic E-state index is 12.2. The molecule has 0 aliphatic carbocycles. The Labute approximate surface area is 158 Å². The molecule has 3 aromatic rings. The number of amides is 1. The van der Waals surface area contributed by atoms with Crippen LogP contribution in [-0.2, 0) is 17.9 Å². The Bertz CT molecular complexity index is 1010. The van der Waals surface area contributed by atoms with Crippen molar-refractivity contribution in [2.24, 2.45) is 0 Å². The highest BCUT2D eigenvalue weighted by atomic mass is 35.5. The summed E-state index contributed by atoms with van der Waals surface area (Å²) in [4.78, 5) is 26.7. The number of nitro groups is 1. The maximum Gasteiger partial charge on any atom is 0.312 e. The summed E-state index contributed by atoms with van der Waals surface area (Å²) in [5, 5.41) is 22.4. The van der Waals surface area contributed by atoms with Crippen molar-refractivity contribution in [1.82, 2.24) is 24.5 Å². The molecule has 0 saturated heterocycles. The van der Waals surface area contributed by atoms with Gasteiger partial charge in [0.2, 0.25) is 11.9 Å². The molecule has 3 rings (SSSR count). The van der Waals surface area contributed by atoms with Crippen molar-refractivity contribution in [2.75, 3.05) is 5.32 Å². The average molecular weight is 390 g/mol. The predicted molar refractivity (Wildman–Crippen MR) is 97.6 cm³/mol. The number of rotatable bonds is 6. The Hall–Kier alpha value is -3.27. The highest BCUT2D eigenvalue weighted by Crippen LogP contribution is 2.21. The smallest absolute Gasteiger partial charge is 0.292 e. The number of halogens is 1. The molecule has 0 aliphatic rings. The lowest BCUT2D eigenvalue weighted by atomic mass is 10.2. The molecule has 11 heteroatoms. The van der Waals surface area contributed by atoms with Gasteiger partial charge in [-0.15, -0.1) is 5.10 Å². The minimum Gasteiger partial charge on any atom is -0.292 e. The third kappa shape index (κ3) is 4.11. The number of nitrogens with zero attached hydrogens (tertiary/aromatic N) is 6. The van der Waals surface area contributed by atoms with E-state index in [1.807, 2.05) is 18.2 Å². The number of hydrogen-bond donors (Lipinski definition) is 1. The molecule has 1 N–H and O–H groups in total. The fraction of sp³-hybridized carbons (Fsp3) is 0.250. The number of carbonyl (C=O) groups excluding carboxylic acids is 1. The lowest BCUT2D eigenvalue weighted by Crippen LogP contribution is -2.21. The Morgan fingerprint density at radius 2 is 2.04 bits per heavy atom. The van der Waals surface area contributed by atoms with E-state index in [4.69, 9.17) is 11.6 Å². The number of nitrogens with one attached hydrogen (secondary N) is 1. The van der Waals surface area contributed by atoms with Crippen molar-refractivity contribution in [3.63, 3.8) is 0 Å². The van der Waals surface area contributed by atoms with Gasteiger partial charge in [0.1, 0.15) is 24.3 Å². The molecular formula is C16H16ClN7O3. The van der Waals surface area contributed by atoms with Crippen LogP contribution in [0.2, 0.25) is 5.02 Å². The molecule has 0 radical (unpaired) electrons. The summed E-state index contributed by atoms with van der Waals surface area (Å²) in [5.41, 5.74) is 1.35. The zero-order valence-corrected chi connectivity index (χ0v) is 15.3. The molecule has 0 bridgehead atoms. The molecular weight excluding hydrogens is 374 g/mol. The Kier molecular flexibility index (Phi) is 5.17. The SMILES string of the molecule is Cc1nn(CC(=O)Nc2ncn(Cc3ccccc3Cl)n2)c(C)c1[N+](=O)[O-]. The van der Waals surface area contributed by atoms with Gasteiger partial charge < -0.3 is 0 Å². The van der Waals surface area contributed by atoms with Crippen LogP contribution >= 0.6 is 11.6 Å². The van der Waals surface area contributed by atoms with E-state index in [0.29, 0.717) is 17.3 Å². The van der Waals surface area contributed by atoms with E-state index in [2.05, 4.69) is 20.5 Å². The largest absolute Gasteiger partial charge is 0.312 e. The molecule has 2 heterocycles. The highest BCUT2D eigenvalue weighted by Gasteiger charge is 2.23. The number of anilines is 1. The minimum absolute atomic E-state index is 0.0926. The lowest BCUT2D eigenvalue weighted by molar-refractivity contribution is -0.386. The fourth-order valence-electron chi connectivity index (χ4n) is 2.64. The molecule has 10 nitrogen and oxygen atoms in total. The summed E-state index contributed by atoms with van der Waals surface area (Å²) >= 11 is 6.12. The summed E-state index contributed by atoms with van der Waals surface area (Å²) < 4.78 is 2.83. The third-order valence-corrected chi connectivity index (χ3v) is 4.27. The van der Waals surface area contributed by atoms with Gasteiger partial charge in [0.25, 0.3) is 0 Å². The molecule has 1 amide bonds. The van der Waals surface area contributed by atoms with E-state index < -0.39 is 10.8 Å². The fourth-order valence-corrected chi connectivity index (χ4v) is 2.83. The van der Waals surface area contributed by atoms with Gasteiger partial charge >= 0.3 is 5.69 Å². The van der Waals surface area contributed by atoms with Gasteiger partial charge in [-0.25, -0.2) is 9.67 Å². The van der Waals surface area contributed by atoms with Gasteiger partial charge in [-0.05, 0) is 25.5 Å². The van der Waals surface area contributed by atoms with Crippen molar-refractivity contribution in [3.05, 3.63) is 62.7 Å². The van der Waals surface area contributed by atoms with Gasteiger partial charge in [0.15, 0.2) is 0 Å². The van der Waals surface area contributed by atoms with Gasteiger partial charge in [-0.2, -0.15) is 5.10 Å². The van der Waals surface area contributed by atoms with Crippen LogP contribution in [0.25, 0.3) is 0 Å². The van der Waals surface area contributed by atoms with E-state index in [0.717, 1.165) is 5.56 Å². The molecule has 0 atom stereocenters. The second kappa shape index (κ2) is 7.54. The van der Waals surface area contributed by atoms with Crippen LogP contribution in [0.4, 0.5) is 11.6 Å². The van der Waals surface area contributed by atoms with E-state index in [9.17, 15) is 14.9 Å². The Morgan fingerprint density at radius 1 is 1.30 bits per heavy atom. The molecule has 0 saturated carbocycles. The average Bonchev–Trinajstić information content (AvgIpc) is 3.13. The first-order valence-corrected chi connectivity index (χ1v) is 8.34. The van der Waals surface area contributed by atoms with Gasteiger partial charge in [0.05, 0.1) is 11.5 Å². The van der Waals surface area contributed by atoms with Crippen LogP contribution < -0.4 is 5.32 Å².